The molecule has 7 atom stereocenters. The van der Waals surface area contributed by atoms with E-state index in [4.69, 9.17) is 11.5 Å². The maximum Gasteiger partial charge on any atom is 0.246 e. The molecular formula is C34H48N10O9S. The molecule has 294 valence electrons. The number of likely N-dealkylation sites (N-methyl/N-ethyl adjacent to an activating group) is 1. The number of aromatic amines is 1. The van der Waals surface area contributed by atoms with Gasteiger partial charge in [-0.3, -0.25) is 38.4 Å². The number of carbonyl (C=O) groups excluding carboxylic acids is 8. The Morgan fingerprint density at radius 2 is 1.69 bits per heavy atom. The number of hydrogen-bond donors (Lipinski definition) is 10. The number of primary amides is 1. The van der Waals surface area contributed by atoms with Crippen molar-refractivity contribution < 1.29 is 43.5 Å². The number of amides is 8. The second kappa shape index (κ2) is 18.7. The van der Waals surface area contributed by atoms with Gasteiger partial charge in [0, 0.05) is 36.7 Å². The maximum absolute atomic E-state index is 14.0. The fourth-order valence-corrected chi connectivity index (χ4v) is 7.37. The molecule has 20 heteroatoms. The van der Waals surface area contributed by atoms with Crippen molar-refractivity contribution in [3.63, 3.8) is 0 Å². The van der Waals surface area contributed by atoms with Crippen LogP contribution in [0.25, 0.3) is 10.9 Å². The van der Waals surface area contributed by atoms with Crippen molar-refractivity contribution in [1.29, 1.82) is 0 Å². The van der Waals surface area contributed by atoms with Crippen molar-refractivity contribution >= 4 is 69.9 Å². The lowest BCUT2D eigenvalue weighted by molar-refractivity contribution is -0.142. The third-order valence-electron chi connectivity index (χ3n) is 9.37. The number of aliphatic hydroxyl groups is 1. The predicted octanol–water partition coefficient (Wildman–Crippen LogP) is -3.54. The van der Waals surface area contributed by atoms with Crippen LogP contribution in [0.5, 0.6) is 0 Å². The molecule has 2 aromatic rings. The monoisotopic (exact) mass is 772 g/mol. The van der Waals surface area contributed by atoms with E-state index in [0.717, 1.165) is 22.0 Å². The van der Waals surface area contributed by atoms with E-state index in [0.29, 0.717) is 22.5 Å². The lowest BCUT2D eigenvalue weighted by Crippen LogP contribution is -2.58. The Morgan fingerprint density at radius 3 is 2.35 bits per heavy atom. The third kappa shape index (κ3) is 10.5. The molecule has 3 heterocycles. The van der Waals surface area contributed by atoms with Gasteiger partial charge in [-0.15, -0.1) is 11.8 Å². The minimum Gasteiger partial charge on any atom is -0.391 e. The van der Waals surface area contributed by atoms with Gasteiger partial charge >= 0.3 is 0 Å². The van der Waals surface area contributed by atoms with Crippen LogP contribution in [0.15, 0.2) is 29.3 Å². The van der Waals surface area contributed by atoms with E-state index in [2.05, 4.69) is 36.9 Å². The molecule has 0 bridgehead atoms. The van der Waals surface area contributed by atoms with Crippen molar-refractivity contribution in [2.45, 2.75) is 80.9 Å². The Morgan fingerprint density at radius 1 is 1.02 bits per heavy atom. The first-order valence-corrected chi connectivity index (χ1v) is 18.5. The molecule has 1 saturated heterocycles. The molecule has 4 rings (SSSR count). The zero-order valence-corrected chi connectivity index (χ0v) is 31.0. The van der Waals surface area contributed by atoms with Gasteiger partial charge in [-0.1, -0.05) is 38.5 Å². The molecule has 0 aliphatic carbocycles. The SMILES string of the molecule is CC[C@H](C)[C@@H]1NC(=O)CNC(=O)[C@H](N)Cc2c([nH]c3ccccc23)SC[C@@H](C(=O)NC(CC(N)=O)C(=O)N2C[C@H](O)C[C@H]2C(=O)NC)NC(=O)CNC1=O. The third-order valence-corrected chi connectivity index (χ3v) is 10.5. The average molecular weight is 773 g/mol. The Kier molecular flexibility index (Phi) is 14.4. The fourth-order valence-electron chi connectivity index (χ4n) is 6.26. The van der Waals surface area contributed by atoms with Crippen LogP contribution in [-0.4, -0.2) is 131 Å². The van der Waals surface area contributed by atoms with Crippen LogP contribution in [0.4, 0.5) is 0 Å². The summed E-state index contributed by atoms with van der Waals surface area (Å²) in [5.74, 6) is -6.49. The van der Waals surface area contributed by atoms with Gasteiger partial charge in [0.05, 0.1) is 36.7 Å². The highest BCUT2D eigenvalue weighted by molar-refractivity contribution is 7.99. The highest BCUT2D eigenvalue weighted by Gasteiger charge is 2.42. The van der Waals surface area contributed by atoms with Crippen LogP contribution in [0.2, 0.25) is 0 Å². The number of likely N-dealkylation sites (tertiary alicyclic amines) is 1. The van der Waals surface area contributed by atoms with Crippen LogP contribution < -0.4 is 43.4 Å². The van der Waals surface area contributed by atoms with Crippen LogP contribution >= 0.6 is 11.8 Å². The maximum atomic E-state index is 14.0. The van der Waals surface area contributed by atoms with E-state index in [1.807, 2.05) is 13.0 Å². The van der Waals surface area contributed by atoms with Crippen molar-refractivity contribution in [3.8, 4) is 0 Å². The molecule has 1 aromatic heterocycles. The summed E-state index contributed by atoms with van der Waals surface area (Å²) in [7, 11) is 1.36. The van der Waals surface area contributed by atoms with Crippen LogP contribution in [-0.2, 0) is 44.8 Å². The smallest absolute Gasteiger partial charge is 0.246 e. The Bertz CT molecular complexity index is 1770. The van der Waals surface area contributed by atoms with Crippen LogP contribution in [0.1, 0.15) is 38.7 Å². The quantitative estimate of drug-likeness (QED) is 0.125. The highest BCUT2D eigenvalue weighted by Crippen LogP contribution is 2.31. The number of rotatable bonds is 8. The number of nitrogens with two attached hydrogens (primary N) is 2. The molecule has 12 N–H and O–H groups in total. The van der Waals surface area contributed by atoms with Gasteiger partial charge in [0.1, 0.15) is 24.2 Å². The van der Waals surface area contributed by atoms with E-state index < -0.39 is 103 Å². The molecule has 1 fully saturated rings. The van der Waals surface area contributed by atoms with Gasteiger partial charge in [0.2, 0.25) is 47.3 Å². The number of β-amino-alcohol motifs (C(OH)–C–C–N with tert-alkyl or cyclic N) is 1. The zero-order valence-electron chi connectivity index (χ0n) is 30.2. The molecule has 54 heavy (non-hydrogen) atoms. The standard InChI is InChI=1S/C34H48N10O9S/c1-4-16(2)28-32(52)39-12-26(47)40-23(30(50)41-22(11-25(36)46)34(53)44-14-17(45)9-24(44)31(51)37-3)15-54-33-19(18-7-5-6-8-21(18)42-33)10-20(35)29(49)38-13-27(48)43-28/h5-8,16-17,20,22-24,28,42,45H,4,9-15,35H2,1-3H3,(H2,36,46)(H,37,51)(H,38,49)(H,39,52)(H,40,47)(H,41,50)(H,43,48)/t16-,17+,20+,22?,23-,24-,28-/m0/s1. The summed E-state index contributed by atoms with van der Waals surface area (Å²) in [4.78, 5) is 109. The van der Waals surface area contributed by atoms with Gasteiger partial charge in [-0.25, -0.2) is 0 Å². The number of fused-ring (bicyclic) bond motifs is 3. The highest BCUT2D eigenvalue weighted by atomic mass is 32.2. The van der Waals surface area contributed by atoms with E-state index in [9.17, 15) is 43.5 Å². The molecule has 2 aliphatic heterocycles. The summed E-state index contributed by atoms with van der Waals surface area (Å²) in [6.45, 7) is 2.26. The summed E-state index contributed by atoms with van der Waals surface area (Å²) in [6.07, 6.45) is -1.25. The number of nitrogens with one attached hydrogen (secondary N) is 7. The second-order valence-electron chi connectivity index (χ2n) is 13.3. The average Bonchev–Trinajstić information content (AvgIpc) is 3.71. The largest absolute Gasteiger partial charge is 0.391 e. The molecular weight excluding hydrogens is 725 g/mol. The number of carbonyl (C=O) groups is 8. The minimum absolute atomic E-state index is 0.0182. The lowest BCUT2D eigenvalue weighted by atomic mass is 9.98. The molecule has 19 nitrogen and oxygen atoms in total. The molecule has 0 saturated carbocycles. The van der Waals surface area contributed by atoms with E-state index in [1.165, 1.54) is 7.05 Å². The van der Waals surface area contributed by atoms with Gasteiger partial charge in [-0.2, -0.15) is 0 Å². The number of benzene rings is 1. The van der Waals surface area contributed by atoms with Crippen LogP contribution in [0, 0.1) is 5.92 Å². The summed E-state index contributed by atoms with van der Waals surface area (Å²) >= 11 is 1.11. The topological polar surface area (TPSA) is 300 Å². The Balaban J connectivity index is 1.67. The van der Waals surface area contributed by atoms with Crippen molar-refractivity contribution in [3.05, 3.63) is 29.8 Å². The summed E-state index contributed by atoms with van der Waals surface area (Å²) < 4.78 is 0. The number of para-hydroxylation sites is 1. The molecule has 2 aliphatic rings. The summed E-state index contributed by atoms with van der Waals surface area (Å²) in [5, 5.41) is 26.6. The van der Waals surface area contributed by atoms with Gasteiger partial charge in [0.25, 0.3) is 0 Å². The van der Waals surface area contributed by atoms with Gasteiger partial charge in [-0.05, 0) is 24.0 Å². The van der Waals surface area contributed by atoms with E-state index >= 15 is 0 Å². The van der Waals surface area contributed by atoms with Gasteiger partial charge in [0.15, 0.2) is 0 Å². The van der Waals surface area contributed by atoms with Gasteiger partial charge < -0.3 is 58.4 Å². The molecule has 1 aromatic carbocycles. The predicted molar refractivity (Wildman–Crippen MR) is 196 cm³/mol. The Labute approximate surface area is 315 Å². The number of aliphatic hydroxyl groups excluding tert-OH is 1. The van der Waals surface area contributed by atoms with Crippen LogP contribution in [0.3, 0.4) is 0 Å². The first-order chi connectivity index (χ1) is 25.6. The molecule has 0 radical (unpaired) electrons. The summed E-state index contributed by atoms with van der Waals surface area (Å²) in [6, 6.07) is 1.02. The molecule has 1 unspecified atom stereocenters. The summed E-state index contributed by atoms with van der Waals surface area (Å²) in [5.41, 5.74) is 13.1. The molecule has 0 spiro atoms. The number of nitrogens with zero attached hydrogens (tertiary/aromatic N) is 1. The first kappa shape index (κ1) is 41.5. The zero-order chi connectivity index (χ0) is 39.7. The van der Waals surface area contributed by atoms with Crippen molar-refractivity contribution in [2.24, 2.45) is 17.4 Å². The Hall–Kier alpha value is -5.21. The van der Waals surface area contributed by atoms with E-state index in [-0.39, 0.29) is 31.1 Å². The van der Waals surface area contributed by atoms with Crippen molar-refractivity contribution in [2.75, 3.05) is 32.4 Å². The number of H-pyrrole nitrogens is 1. The molecule has 8 amide bonds. The minimum atomic E-state index is -1.57. The lowest BCUT2D eigenvalue weighted by Gasteiger charge is -2.29. The van der Waals surface area contributed by atoms with Crippen molar-refractivity contribution in [1.82, 2.24) is 41.8 Å². The number of aromatic nitrogens is 1. The second-order valence-corrected chi connectivity index (χ2v) is 14.4. The number of thioether (sulfide) groups is 1. The normalized spacial score (nSPS) is 24.4. The number of hydrogen-bond acceptors (Lipinski definition) is 11. The fraction of sp³-hybridized carbons (Fsp3) is 0.529. The van der Waals surface area contributed by atoms with E-state index in [1.54, 1.807) is 25.1 Å². The first-order valence-electron chi connectivity index (χ1n) is 17.5.